The Kier molecular flexibility index (Phi) is 2.80. The minimum absolute atomic E-state index is 0.869. The van der Waals surface area contributed by atoms with Crippen LogP contribution >= 0.6 is 0 Å². The van der Waals surface area contributed by atoms with Crippen LogP contribution in [0.5, 0.6) is 0 Å². The molecule has 1 aliphatic rings. The molecule has 2 aromatic heterocycles. The van der Waals surface area contributed by atoms with Crippen LogP contribution < -0.4 is 4.57 Å². The van der Waals surface area contributed by atoms with Crippen molar-refractivity contribution in [1.29, 1.82) is 0 Å². The Labute approximate surface area is 141 Å². The molecule has 0 atom stereocenters. The molecule has 1 aliphatic carbocycles. The van der Waals surface area contributed by atoms with E-state index in [-0.39, 0.29) is 0 Å². The smallest absolute Gasteiger partial charge is 0.223 e. The van der Waals surface area contributed by atoms with E-state index in [9.17, 15) is 0 Å². The highest BCUT2D eigenvalue weighted by Crippen LogP contribution is 2.44. The largest absolute Gasteiger partial charge is 0.252 e. The highest BCUT2D eigenvalue weighted by Gasteiger charge is 2.30. The van der Waals surface area contributed by atoms with Crippen molar-refractivity contribution in [1.82, 2.24) is 4.98 Å². The summed E-state index contributed by atoms with van der Waals surface area (Å²) < 4.78 is 2.35. The van der Waals surface area contributed by atoms with Gasteiger partial charge in [0.05, 0.1) is 16.6 Å². The molecule has 0 aliphatic heterocycles. The van der Waals surface area contributed by atoms with Gasteiger partial charge in [0.1, 0.15) is 0 Å². The van der Waals surface area contributed by atoms with Gasteiger partial charge in [-0.25, -0.2) is 0 Å². The van der Waals surface area contributed by atoms with Crippen LogP contribution in [-0.2, 0) is 6.54 Å². The lowest BCUT2D eigenvalue weighted by molar-refractivity contribution is -0.676. The highest BCUT2D eigenvalue weighted by atomic mass is 15.0. The number of hydrogen-bond acceptors (Lipinski definition) is 1. The number of aromatic nitrogens is 2. The Hall–Kier alpha value is -3.00. The molecule has 0 saturated heterocycles. The second-order valence-corrected chi connectivity index (χ2v) is 6.40. The number of hydrogen-bond donors (Lipinski definition) is 0. The number of fused-ring (bicyclic) bond motifs is 3. The first-order chi connectivity index (χ1) is 11.8. The van der Waals surface area contributed by atoms with Gasteiger partial charge in [0.2, 0.25) is 5.69 Å². The van der Waals surface area contributed by atoms with Crippen molar-refractivity contribution in [3.05, 3.63) is 84.2 Å². The van der Waals surface area contributed by atoms with Crippen LogP contribution in [0.4, 0.5) is 0 Å². The average Bonchev–Trinajstić information content (AvgIpc) is 2.94. The van der Waals surface area contributed by atoms with Crippen LogP contribution in [0.3, 0.4) is 0 Å². The number of aryl methyl sites for hydroxylation is 1. The lowest BCUT2D eigenvalue weighted by atomic mass is 10.1. The van der Waals surface area contributed by atoms with E-state index in [0.29, 0.717) is 0 Å². The molecule has 0 radical (unpaired) electrons. The van der Waals surface area contributed by atoms with Crippen LogP contribution in [0.15, 0.2) is 72.9 Å². The van der Waals surface area contributed by atoms with Gasteiger partial charge in [0.25, 0.3) is 0 Å². The molecule has 0 unspecified atom stereocenters. The third-order valence-corrected chi connectivity index (χ3v) is 4.77. The minimum atomic E-state index is 0.869. The molecule has 0 fully saturated rings. The van der Waals surface area contributed by atoms with Crippen LogP contribution in [-0.4, -0.2) is 4.98 Å². The fourth-order valence-electron chi connectivity index (χ4n) is 3.76. The zero-order valence-electron chi connectivity index (χ0n) is 13.5. The van der Waals surface area contributed by atoms with Crippen LogP contribution in [0.1, 0.15) is 11.3 Å². The summed E-state index contributed by atoms with van der Waals surface area (Å²) in [6.45, 7) is 2.94. The molecule has 24 heavy (non-hydrogen) atoms. The van der Waals surface area contributed by atoms with E-state index < -0.39 is 0 Å². The molecule has 0 bridgehead atoms. The zero-order valence-corrected chi connectivity index (χ0v) is 13.5. The van der Waals surface area contributed by atoms with E-state index >= 15 is 0 Å². The topological polar surface area (TPSA) is 16.8 Å². The molecule has 0 spiro atoms. The van der Waals surface area contributed by atoms with Gasteiger partial charge in [0.15, 0.2) is 12.7 Å². The molecule has 2 aromatic carbocycles. The van der Waals surface area contributed by atoms with Gasteiger partial charge in [-0.1, -0.05) is 48.5 Å². The van der Waals surface area contributed by atoms with Crippen LogP contribution in [0.2, 0.25) is 0 Å². The van der Waals surface area contributed by atoms with Crippen LogP contribution in [0.25, 0.3) is 33.3 Å². The molecule has 5 rings (SSSR count). The van der Waals surface area contributed by atoms with Gasteiger partial charge >= 0.3 is 0 Å². The van der Waals surface area contributed by atoms with Gasteiger partial charge in [-0.2, -0.15) is 4.57 Å². The number of pyridine rings is 2. The van der Waals surface area contributed by atoms with Gasteiger partial charge in [0, 0.05) is 22.9 Å². The molecule has 0 saturated carbocycles. The second kappa shape index (κ2) is 5.00. The summed E-state index contributed by atoms with van der Waals surface area (Å²) in [5.41, 5.74) is 7.32. The molecule has 4 aromatic rings. The number of benzene rings is 2. The van der Waals surface area contributed by atoms with Crippen molar-refractivity contribution in [2.75, 3.05) is 0 Å². The van der Waals surface area contributed by atoms with Gasteiger partial charge in [-0.05, 0) is 24.4 Å². The Morgan fingerprint density at radius 1 is 0.875 bits per heavy atom. The molecule has 0 N–H and O–H groups in total. The standard InChI is InChI=1S/C22H17N2/c1-15-13-17-11-12-24(14-16-7-3-2-4-8-16)22-19-10-6-5-9-18(19)21(23-15)20(17)22/h2-13H,14H2,1H3/q+1. The molecule has 2 nitrogen and oxygen atoms in total. The van der Waals surface area contributed by atoms with Gasteiger partial charge in [-0.3, -0.25) is 4.98 Å². The summed E-state index contributed by atoms with van der Waals surface area (Å²) in [5.74, 6) is 0. The summed E-state index contributed by atoms with van der Waals surface area (Å²) in [5, 5.41) is 2.55. The first-order valence-corrected chi connectivity index (χ1v) is 8.29. The van der Waals surface area contributed by atoms with E-state index in [0.717, 1.165) is 17.9 Å². The SMILES string of the molecule is Cc1cc2cc[n+](Cc3ccccc3)c3c2c(n1)-c1ccccc1-3. The average molecular weight is 309 g/mol. The highest BCUT2D eigenvalue weighted by molar-refractivity contribution is 6.11. The lowest BCUT2D eigenvalue weighted by Crippen LogP contribution is -2.36. The Bertz CT molecular complexity index is 1080. The van der Waals surface area contributed by atoms with Crippen molar-refractivity contribution >= 4 is 10.8 Å². The molecular formula is C22H17N2+. The van der Waals surface area contributed by atoms with E-state index in [1.165, 1.54) is 33.2 Å². The summed E-state index contributed by atoms with van der Waals surface area (Å²) in [6.07, 6.45) is 2.20. The fraction of sp³-hybridized carbons (Fsp3) is 0.0909. The van der Waals surface area contributed by atoms with Gasteiger partial charge < -0.3 is 0 Å². The molecule has 2 heteroatoms. The first kappa shape index (κ1) is 13.4. The van der Waals surface area contributed by atoms with E-state index in [1.807, 2.05) is 0 Å². The van der Waals surface area contributed by atoms with Crippen molar-refractivity contribution in [2.45, 2.75) is 13.5 Å². The van der Waals surface area contributed by atoms with E-state index in [1.54, 1.807) is 0 Å². The summed E-state index contributed by atoms with van der Waals surface area (Å²) in [6, 6.07) is 23.6. The van der Waals surface area contributed by atoms with E-state index in [2.05, 4.69) is 84.4 Å². The van der Waals surface area contributed by atoms with E-state index in [4.69, 9.17) is 4.98 Å². The number of nitrogens with zero attached hydrogens (tertiary/aromatic N) is 2. The maximum absolute atomic E-state index is 4.85. The quantitative estimate of drug-likeness (QED) is 0.438. The predicted octanol–water partition coefficient (Wildman–Crippen LogP) is 4.53. The van der Waals surface area contributed by atoms with Crippen molar-refractivity contribution in [2.24, 2.45) is 0 Å². The lowest BCUT2D eigenvalue weighted by Gasteiger charge is -2.05. The third kappa shape index (κ3) is 1.89. The molecule has 114 valence electrons. The summed E-state index contributed by atoms with van der Waals surface area (Å²) in [4.78, 5) is 4.85. The first-order valence-electron chi connectivity index (χ1n) is 8.29. The molecular weight excluding hydrogens is 292 g/mol. The number of rotatable bonds is 2. The normalized spacial score (nSPS) is 11.7. The summed E-state index contributed by atoms with van der Waals surface area (Å²) >= 11 is 0. The second-order valence-electron chi connectivity index (χ2n) is 6.40. The third-order valence-electron chi connectivity index (χ3n) is 4.77. The predicted molar refractivity (Wildman–Crippen MR) is 96.6 cm³/mol. The maximum atomic E-state index is 4.85. The van der Waals surface area contributed by atoms with Crippen LogP contribution in [0, 0.1) is 6.92 Å². The van der Waals surface area contributed by atoms with Crippen molar-refractivity contribution < 1.29 is 4.57 Å². The van der Waals surface area contributed by atoms with Crippen molar-refractivity contribution in [3.63, 3.8) is 0 Å². The minimum Gasteiger partial charge on any atom is -0.252 e. The Morgan fingerprint density at radius 2 is 1.62 bits per heavy atom. The fourth-order valence-corrected chi connectivity index (χ4v) is 3.76. The zero-order chi connectivity index (χ0) is 16.1. The molecule has 2 heterocycles. The molecule has 0 amide bonds. The summed E-state index contributed by atoms with van der Waals surface area (Å²) in [7, 11) is 0. The monoisotopic (exact) mass is 309 g/mol. The van der Waals surface area contributed by atoms with Gasteiger partial charge in [-0.15, -0.1) is 0 Å². The van der Waals surface area contributed by atoms with Crippen molar-refractivity contribution in [3.8, 4) is 22.5 Å². The Morgan fingerprint density at radius 3 is 2.46 bits per heavy atom. The maximum Gasteiger partial charge on any atom is 0.223 e. The Balaban J connectivity index is 1.82.